The van der Waals surface area contributed by atoms with E-state index in [0.29, 0.717) is 11.1 Å². The van der Waals surface area contributed by atoms with Gasteiger partial charge < -0.3 is 7.43 Å². The quantitative estimate of drug-likeness (QED) is 0.563. The predicted octanol–water partition coefficient (Wildman–Crippen LogP) is 1.02. The van der Waals surface area contributed by atoms with Crippen molar-refractivity contribution in [1.29, 1.82) is 0 Å². The molecule has 1 aliphatic heterocycles. The van der Waals surface area contributed by atoms with Gasteiger partial charge in [0.05, 0.1) is 11.1 Å². The van der Waals surface area contributed by atoms with Crippen molar-refractivity contribution in [2.75, 3.05) is 0 Å². The molecule has 0 aliphatic carbocycles. The maximum absolute atomic E-state index is 10.9. The summed E-state index contributed by atoms with van der Waals surface area (Å²) >= 11 is 0. The summed E-state index contributed by atoms with van der Waals surface area (Å²) in [5, 5.41) is 2.20. The molecule has 0 unspecified atom stereocenters. The van der Waals surface area contributed by atoms with Crippen molar-refractivity contribution in [2.45, 2.75) is 0 Å². The predicted molar refractivity (Wildman–Crippen MR) is 44.7 cm³/mol. The van der Waals surface area contributed by atoms with E-state index in [-0.39, 0.29) is 40.3 Å². The summed E-state index contributed by atoms with van der Waals surface area (Å²) in [7, 11) is 0. The van der Waals surface area contributed by atoms with E-state index in [0.717, 1.165) is 0 Å². The Labute approximate surface area is 90.8 Å². The molecule has 68 valence electrons. The van der Waals surface area contributed by atoms with E-state index in [1.54, 1.807) is 24.3 Å². The molecule has 1 aromatic rings. The van der Waals surface area contributed by atoms with E-state index in [2.05, 4.69) is 5.32 Å². The fraction of sp³-hybridized carbons (Fsp3) is 0. The second-order valence-corrected chi connectivity index (χ2v) is 2.33. The first kappa shape index (κ1) is 12.0. The van der Waals surface area contributed by atoms with Gasteiger partial charge in [-0.2, -0.15) is 0 Å². The van der Waals surface area contributed by atoms with Crippen LogP contribution in [0.1, 0.15) is 20.7 Å². The topological polar surface area (TPSA) is 46.2 Å². The summed E-state index contributed by atoms with van der Waals surface area (Å²) in [5.41, 5.74) is 0.940. The smallest absolute Gasteiger partial charge is 0.258 e. The third kappa shape index (κ3) is 1.86. The van der Waals surface area contributed by atoms with Gasteiger partial charge in [0.1, 0.15) is 0 Å². The van der Waals surface area contributed by atoms with Crippen LogP contribution in [0.5, 0.6) is 0 Å². The first-order valence-electron chi connectivity index (χ1n) is 3.24. The van der Waals surface area contributed by atoms with E-state index >= 15 is 0 Å². The first-order chi connectivity index (χ1) is 5.29. The maximum Gasteiger partial charge on any atom is 0.258 e. The fourth-order valence-corrected chi connectivity index (χ4v) is 1.12. The van der Waals surface area contributed by atoms with Gasteiger partial charge in [-0.05, 0) is 12.1 Å². The van der Waals surface area contributed by atoms with Crippen LogP contribution in [0.4, 0.5) is 0 Å². The average Bonchev–Trinajstić information content (AvgIpc) is 2.30. The zero-order chi connectivity index (χ0) is 7.84. The SMILES string of the molecule is O=C1NC(=O)c2ccccc21.[CH3-].[W]. The van der Waals surface area contributed by atoms with Gasteiger partial charge in [0.2, 0.25) is 0 Å². The molecule has 0 saturated heterocycles. The van der Waals surface area contributed by atoms with Crippen molar-refractivity contribution in [3.63, 3.8) is 0 Å². The van der Waals surface area contributed by atoms with Gasteiger partial charge in [0.15, 0.2) is 0 Å². The summed E-state index contributed by atoms with van der Waals surface area (Å²) in [6.07, 6.45) is 0. The summed E-state index contributed by atoms with van der Waals surface area (Å²) in [6, 6.07) is 6.74. The molecular formula is C9H8NO2W-. The molecule has 2 rings (SSSR count). The minimum atomic E-state index is -0.300. The Morgan fingerprint density at radius 2 is 1.31 bits per heavy atom. The summed E-state index contributed by atoms with van der Waals surface area (Å²) in [5.74, 6) is -0.601. The Hall–Kier alpha value is -0.952. The van der Waals surface area contributed by atoms with Crippen LogP contribution in [-0.4, -0.2) is 11.8 Å². The molecule has 4 heteroatoms. The van der Waals surface area contributed by atoms with Crippen LogP contribution in [0.15, 0.2) is 24.3 Å². The molecule has 0 radical (unpaired) electrons. The monoisotopic (exact) mass is 346 g/mol. The molecule has 0 aromatic heterocycles. The van der Waals surface area contributed by atoms with E-state index in [1.807, 2.05) is 0 Å². The molecule has 13 heavy (non-hydrogen) atoms. The summed E-state index contributed by atoms with van der Waals surface area (Å²) in [4.78, 5) is 21.9. The molecule has 1 aromatic carbocycles. The molecule has 0 fully saturated rings. The number of imide groups is 1. The van der Waals surface area contributed by atoms with Gasteiger partial charge in [-0.25, -0.2) is 0 Å². The molecule has 0 saturated carbocycles. The number of rotatable bonds is 0. The van der Waals surface area contributed by atoms with Crippen LogP contribution < -0.4 is 5.32 Å². The minimum Gasteiger partial charge on any atom is -0.358 e. The van der Waals surface area contributed by atoms with E-state index in [4.69, 9.17) is 0 Å². The second kappa shape index (κ2) is 4.33. The Morgan fingerprint density at radius 3 is 1.69 bits per heavy atom. The Balaban J connectivity index is 0.000000720. The van der Waals surface area contributed by atoms with Gasteiger partial charge in [0.25, 0.3) is 11.8 Å². The van der Waals surface area contributed by atoms with E-state index < -0.39 is 0 Å². The van der Waals surface area contributed by atoms with Crippen molar-refractivity contribution < 1.29 is 30.7 Å². The van der Waals surface area contributed by atoms with Crippen LogP contribution in [0, 0.1) is 7.43 Å². The molecular weight excluding hydrogens is 338 g/mol. The summed E-state index contributed by atoms with van der Waals surface area (Å²) < 4.78 is 0. The number of fused-ring (bicyclic) bond motifs is 1. The molecule has 0 spiro atoms. The largest absolute Gasteiger partial charge is 0.358 e. The summed E-state index contributed by atoms with van der Waals surface area (Å²) in [6.45, 7) is 0. The van der Waals surface area contributed by atoms with Gasteiger partial charge in [0, 0.05) is 21.1 Å². The van der Waals surface area contributed by atoms with E-state index in [1.165, 1.54) is 0 Å². The Morgan fingerprint density at radius 1 is 0.923 bits per heavy atom. The van der Waals surface area contributed by atoms with Crippen LogP contribution >= 0.6 is 0 Å². The molecule has 0 atom stereocenters. The second-order valence-electron chi connectivity index (χ2n) is 2.33. The fourth-order valence-electron chi connectivity index (χ4n) is 1.12. The zero-order valence-corrected chi connectivity index (χ0v) is 9.97. The average molecular weight is 346 g/mol. The number of nitrogens with one attached hydrogen (secondary N) is 1. The van der Waals surface area contributed by atoms with E-state index in [9.17, 15) is 9.59 Å². The third-order valence-corrected chi connectivity index (χ3v) is 1.64. The standard InChI is InChI=1S/C8H5NO2.CH3.W/c10-7-5-3-1-2-4-6(5)8(11)9-7;;/h1-4H,(H,9,10,11);1H3;/q;-1;. The molecule has 3 nitrogen and oxygen atoms in total. The Bertz CT molecular complexity index is 316. The minimum absolute atomic E-state index is 0. The Kier molecular flexibility index (Phi) is 4.01. The van der Waals surface area contributed by atoms with Crippen LogP contribution in [0.3, 0.4) is 0 Å². The number of carbonyl (C=O) groups excluding carboxylic acids is 2. The molecule has 1 heterocycles. The van der Waals surface area contributed by atoms with Crippen LogP contribution in [-0.2, 0) is 21.1 Å². The molecule has 1 N–H and O–H groups in total. The van der Waals surface area contributed by atoms with Crippen LogP contribution in [0.25, 0.3) is 0 Å². The van der Waals surface area contributed by atoms with Crippen molar-refractivity contribution in [3.8, 4) is 0 Å². The first-order valence-corrected chi connectivity index (χ1v) is 3.24. The number of benzene rings is 1. The van der Waals surface area contributed by atoms with Gasteiger partial charge in [-0.15, -0.1) is 0 Å². The van der Waals surface area contributed by atoms with Crippen molar-refractivity contribution in [3.05, 3.63) is 42.8 Å². The molecule has 1 aliphatic rings. The normalized spacial score (nSPS) is 12.3. The zero-order valence-electron chi connectivity index (χ0n) is 7.03. The molecule has 2 amide bonds. The van der Waals surface area contributed by atoms with Crippen molar-refractivity contribution in [1.82, 2.24) is 5.32 Å². The van der Waals surface area contributed by atoms with Crippen molar-refractivity contribution >= 4 is 11.8 Å². The molecule has 0 bridgehead atoms. The van der Waals surface area contributed by atoms with Gasteiger partial charge in [-0.3, -0.25) is 14.9 Å². The maximum atomic E-state index is 10.9. The number of hydrogen-bond donors (Lipinski definition) is 1. The number of carbonyl (C=O) groups is 2. The third-order valence-electron chi connectivity index (χ3n) is 1.64. The van der Waals surface area contributed by atoms with Gasteiger partial charge >= 0.3 is 0 Å². The van der Waals surface area contributed by atoms with Crippen LogP contribution in [0.2, 0.25) is 0 Å². The van der Waals surface area contributed by atoms with Crippen molar-refractivity contribution in [2.24, 2.45) is 0 Å². The van der Waals surface area contributed by atoms with Gasteiger partial charge in [-0.1, -0.05) is 12.1 Å². The number of hydrogen-bond acceptors (Lipinski definition) is 2. The number of amides is 2.